The minimum atomic E-state index is -0.499. The van der Waals surface area contributed by atoms with Crippen LogP contribution in [0, 0.1) is 0 Å². The largest absolute Gasteiger partial charge is 0.493 e. The molecular formula is C25H38N4O4S. The van der Waals surface area contributed by atoms with Crippen molar-refractivity contribution < 1.29 is 19.0 Å². The van der Waals surface area contributed by atoms with Crippen LogP contribution >= 0.6 is 11.8 Å². The lowest BCUT2D eigenvalue weighted by Gasteiger charge is -2.36. The standard InChI is InChI=1S/C25H38N4O4S/c1-6-7-14-34-15-8-13-32-22-17-20-19(16-21(22)31-5)23(27-18-26-20)28-9-11-29(12-10-28)24(30)33-25(2,3)4/h16-18H,6-15H2,1-5H3. The lowest BCUT2D eigenvalue weighted by Crippen LogP contribution is -2.50. The van der Waals surface area contributed by atoms with Crippen LogP contribution in [0.25, 0.3) is 10.9 Å². The Hall–Kier alpha value is -2.42. The number of fused-ring (bicyclic) bond motifs is 1. The van der Waals surface area contributed by atoms with Gasteiger partial charge in [-0.15, -0.1) is 0 Å². The number of nitrogens with zero attached hydrogens (tertiary/aromatic N) is 4. The van der Waals surface area contributed by atoms with Gasteiger partial charge in [0.15, 0.2) is 11.5 Å². The van der Waals surface area contributed by atoms with Crippen molar-refractivity contribution >= 4 is 34.6 Å². The van der Waals surface area contributed by atoms with Gasteiger partial charge in [-0.3, -0.25) is 0 Å². The fraction of sp³-hybridized carbons (Fsp3) is 0.640. The number of piperazine rings is 1. The Labute approximate surface area is 207 Å². The van der Waals surface area contributed by atoms with Crippen LogP contribution in [-0.4, -0.2) is 78.0 Å². The molecule has 3 rings (SSSR count). The van der Waals surface area contributed by atoms with Crippen molar-refractivity contribution in [2.45, 2.75) is 52.6 Å². The number of aromatic nitrogens is 2. The molecule has 1 aromatic carbocycles. The normalized spacial score (nSPS) is 14.4. The molecule has 0 bridgehead atoms. The molecule has 0 radical (unpaired) electrons. The number of hydrogen-bond acceptors (Lipinski definition) is 8. The van der Waals surface area contributed by atoms with Gasteiger partial charge < -0.3 is 24.0 Å². The monoisotopic (exact) mass is 490 g/mol. The Bertz CT molecular complexity index is 942. The molecular weight excluding hydrogens is 452 g/mol. The van der Waals surface area contributed by atoms with E-state index in [1.165, 1.54) is 18.6 Å². The fourth-order valence-electron chi connectivity index (χ4n) is 3.69. The van der Waals surface area contributed by atoms with Gasteiger partial charge in [-0.1, -0.05) is 13.3 Å². The Kier molecular flexibility index (Phi) is 9.50. The smallest absolute Gasteiger partial charge is 0.410 e. The van der Waals surface area contributed by atoms with Gasteiger partial charge in [-0.05, 0) is 51.2 Å². The van der Waals surface area contributed by atoms with Gasteiger partial charge in [-0.25, -0.2) is 14.8 Å². The number of benzene rings is 1. The second-order valence-corrected chi connectivity index (χ2v) is 10.6. The zero-order valence-corrected chi connectivity index (χ0v) is 21.9. The van der Waals surface area contributed by atoms with E-state index < -0.39 is 5.60 Å². The highest BCUT2D eigenvalue weighted by Crippen LogP contribution is 2.35. The SMILES string of the molecule is CCCCSCCCOc1cc2ncnc(N3CCN(C(=O)OC(C)(C)C)CC3)c2cc1OC. The predicted molar refractivity (Wildman–Crippen MR) is 138 cm³/mol. The average Bonchev–Trinajstić information content (AvgIpc) is 2.81. The summed E-state index contributed by atoms with van der Waals surface area (Å²) in [6, 6.07) is 3.89. The van der Waals surface area contributed by atoms with Crippen molar-refractivity contribution in [2.75, 3.05) is 56.3 Å². The van der Waals surface area contributed by atoms with Gasteiger partial charge in [0.05, 0.1) is 19.2 Å². The highest BCUT2D eigenvalue weighted by Gasteiger charge is 2.27. The summed E-state index contributed by atoms with van der Waals surface area (Å²) in [6.45, 7) is 11.0. The molecule has 0 atom stereocenters. The molecule has 0 aliphatic carbocycles. The molecule has 1 fully saturated rings. The maximum Gasteiger partial charge on any atom is 0.410 e. The first-order valence-corrected chi connectivity index (χ1v) is 13.2. The van der Waals surface area contributed by atoms with Crippen LogP contribution in [0.4, 0.5) is 10.6 Å². The van der Waals surface area contributed by atoms with Gasteiger partial charge in [0, 0.05) is 37.6 Å². The van der Waals surface area contributed by atoms with Crippen molar-refractivity contribution in [3.63, 3.8) is 0 Å². The summed E-state index contributed by atoms with van der Waals surface area (Å²) in [7, 11) is 1.65. The number of hydrogen-bond donors (Lipinski definition) is 0. The van der Waals surface area contributed by atoms with Gasteiger partial charge in [0.1, 0.15) is 17.7 Å². The summed E-state index contributed by atoms with van der Waals surface area (Å²) in [6.07, 6.45) is 4.81. The number of carbonyl (C=O) groups is 1. The number of carbonyl (C=O) groups excluding carboxylic acids is 1. The molecule has 1 aliphatic heterocycles. The number of rotatable bonds is 10. The van der Waals surface area contributed by atoms with Crippen LogP contribution in [0.3, 0.4) is 0 Å². The van der Waals surface area contributed by atoms with Crippen molar-refractivity contribution in [3.05, 3.63) is 18.5 Å². The first-order valence-electron chi connectivity index (χ1n) is 12.1. The molecule has 0 N–H and O–H groups in total. The van der Waals surface area contributed by atoms with Crippen molar-refractivity contribution in [1.29, 1.82) is 0 Å². The number of thioether (sulfide) groups is 1. The lowest BCUT2D eigenvalue weighted by molar-refractivity contribution is 0.0240. The van der Waals surface area contributed by atoms with Crippen LogP contribution in [0.15, 0.2) is 18.5 Å². The maximum absolute atomic E-state index is 12.4. The number of ether oxygens (including phenoxy) is 3. The molecule has 0 saturated carbocycles. The van der Waals surface area contributed by atoms with Crippen molar-refractivity contribution in [3.8, 4) is 11.5 Å². The quantitative estimate of drug-likeness (QED) is 0.431. The highest BCUT2D eigenvalue weighted by atomic mass is 32.2. The van der Waals surface area contributed by atoms with Crippen LogP contribution in [0.1, 0.15) is 47.0 Å². The Balaban J connectivity index is 1.65. The molecule has 9 heteroatoms. The van der Waals surface area contributed by atoms with Crippen LogP contribution in [0.5, 0.6) is 11.5 Å². The molecule has 34 heavy (non-hydrogen) atoms. The topological polar surface area (TPSA) is 77.0 Å². The Morgan fingerprint density at radius 3 is 2.47 bits per heavy atom. The molecule has 1 aromatic heterocycles. The fourth-order valence-corrected chi connectivity index (χ4v) is 4.71. The molecule has 188 valence electrons. The lowest BCUT2D eigenvalue weighted by atomic mass is 10.2. The van der Waals surface area contributed by atoms with E-state index in [9.17, 15) is 4.79 Å². The molecule has 0 spiro atoms. The van der Waals surface area contributed by atoms with Gasteiger partial charge >= 0.3 is 6.09 Å². The summed E-state index contributed by atoms with van der Waals surface area (Å²) in [5.74, 6) is 4.52. The molecule has 1 aliphatic rings. The molecule has 2 aromatic rings. The highest BCUT2D eigenvalue weighted by molar-refractivity contribution is 7.99. The maximum atomic E-state index is 12.4. The van der Waals surface area contributed by atoms with E-state index >= 15 is 0 Å². The third kappa shape index (κ3) is 7.29. The second-order valence-electron chi connectivity index (χ2n) is 9.34. The predicted octanol–water partition coefficient (Wildman–Crippen LogP) is 5.00. The first kappa shape index (κ1) is 26.2. The summed E-state index contributed by atoms with van der Waals surface area (Å²) in [5, 5.41) is 0.910. The summed E-state index contributed by atoms with van der Waals surface area (Å²) in [4.78, 5) is 25.3. The van der Waals surface area contributed by atoms with E-state index in [0.717, 1.165) is 28.9 Å². The number of anilines is 1. The molecule has 2 heterocycles. The van der Waals surface area contributed by atoms with E-state index in [-0.39, 0.29) is 6.09 Å². The van der Waals surface area contributed by atoms with Crippen LogP contribution < -0.4 is 14.4 Å². The van der Waals surface area contributed by atoms with Crippen molar-refractivity contribution in [2.24, 2.45) is 0 Å². The number of methoxy groups -OCH3 is 1. The van der Waals surface area contributed by atoms with Gasteiger partial charge in [0.2, 0.25) is 0 Å². The van der Waals surface area contributed by atoms with E-state index in [1.807, 2.05) is 44.7 Å². The van der Waals surface area contributed by atoms with Crippen LogP contribution in [-0.2, 0) is 4.74 Å². The zero-order valence-electron chi connectivity index (χ0n) is 21.1. The number of unbranched alkanes of at least 4 members (excludes halogenated alkanes) is 1. The van der Waals surface area contributed by atoms with E-state index in [4.69, 9.17) is 14.2 Å². The van der Waals surface area contributed by atoms with E-state index in [1.54, 1.807) is 18.3 Å². The average molecular weight is 491 g/mol. The summed E-state index contributed by atoms with van der Waals surface area (Å²) >= 11 is 1.98. The molecule has 1 amide bonds. The number of amides is 1. The second kappa shape index (κ2) is 12.3. The zero-order chi connectivity index (χ0) is 24.6. The van der Waals surface area contributed by atoms with Gasteiger partial charge in [-0.2, -0.15) is 11.8 Å². The minimum absolute atomic E-state index is 0.271. The summed E-state index contributed by atoms with van der Waals surface area (Å²) in [5.41, 5.74) is 0.314. The Morgan fingerprint density at radius 1 is 1.06 bits per heavy atom. The van der Waals surface area contributed by atoms with Crippen LogP contribution in [0.2, 0.25) is 0 Å². The third-order valence-electron chi connectivity index (χ3n) is 5.46. The van der Waals surface area contributed by atoms with Crippen molar-refractivity contribution in [1.82, 2.24) is 14.9 Å². The molecule has 8 nitrogen and oxygen atoms in total. The van der Waals surface area contributed by atoms with E-state index in [0.29, 0.717) is 44.3 Å². The minimum Gasteiger partial charge on any atom is -0.493 e. The van der Waals surface area contributed by atoms with E-state index in [2.05, 4.69) is 21.8 Å². The Morgan fingerprint density at radius 2 is 1.79 bits per heavy atom. The third-order valence-corrected chi connectivity index (χ3v) is 6.62. The van der Waals surface area contributed by atoms with Gasteiger partial charge in [0.25, 0.3) is 0 Å². The summed E-state index contributed by atoms with van der Waals surface area (Å²) < 4.78 is 17.2. The molecule has 1 saturated heterocycles. The first-order chi connectivity index (χ1) is 16.3. The molecule has 0 unspecified atom stereocenters.